The minimum Gasteiger partial charge on any atom is -0.347 e. The lowest BCUT2D eigenvalue weighted by atomic mass is 10.1. The van der Waals surface area contributed by atoms with Crippen LogP contribution in [0.3, 0.4) is 0 Å². The average Bonchev–Trinajstić information content (AvgIpc) is 2.49. The van der Waals surface area contributed by atoms with Gasteiger partial charge >= 0.3 is 0 Å². The summed E-state index contributed by atoms with van der Waals surface area (Å²) < 4.78 is 13.0. The fourth-order valence-electron chi connectivity index (χ4n) is 1.79. The zero-order valence-electron chi connectivity index (χ0n) is 12.3. The number of nitrogens with one attached hydrogen (secondary N) is 1. The molecule has 0 atom stereocenters. The Kier molecular flexibility index (Phi) is 5.27. The van der Waals surface area contributed by atoms with Crippen LogP contribution in [0.25, 0.3) is 0 Å². The molecule has 0 saturated heterocycles. The molecule has 116 valence electrons. The highest BCUT2D eigenvalue weighted by Gasteiger charge is 2.07. The summed E-state index contributed by atoms with van der Waals surface area (Å²) >= 11 is 5.70. The smallest absolute Gasteiger partial charge is 0.224 e. The standard InChI is InChI=1S/C15H16ClFN4O/c1-21(2)15-18-8-11(9-19-15)20-14(22)6-4-10-3-5-13(17)12(16)7-10/h3,5,7-9H,4,6H2,1-2H3,(H,20,22). The van der Waals surface area contributed by atoms with Gasteiger partial charge in [0.25, 0.3) is 0 Å². The van der Waals surface area contributed by atoms with Crippen molar-refractivity contribution in [2.75, 3.05) is 24.3 Å². The van der Waals surface area contributed by atoms with Gasteiger partial charge in [-0.2, -0.15) is 0 Å². The van der Waals surface area contributed by atoms with E-state index in [4.69, 9.17) is 11.6 Å². The van der Waals surface area contributed by atoms with Gasteiger partial charge in [-0.3, -0.25) is 4.79 Å². The van der Waals surface area contributed by atoms with Gasteiger partial charge in [0.15, 0.2) is 0 Å². The first-order valence-electron chi connectivity index (χ1n) is 6.69. The monoisotopic (exact) mass is 322 g/mol. The molecule has 1 aromatic heterocycles. The fourth-order valence-corrected chi connectivity index (χ4v) is 2.00. The summed E-state index contributed by atoms with van der Waals surface area (Å²) in [6.07, 6.45) is 3.84. The van der Waals surface area contributed by atoms with Gasteiger partial charge in [-0.1, -0.05) is 17.7 Å². The normalized spacial score (nSPS) is 10.4. The van der Waals surface area contributed by atoms with E-state index < -0.39 is 5.82 Å². The molecule has 2 rings (SSSR count). The Balaban J connectivity index is 1.88. The number of halogens is 2. The molecule has 0 saturated carbocycles. The highest BCUT2D eigenvalue weighted by atomic mass is 35.5. The highest BCUT2D eigenvalue weighted by Crippen LogP contribution is 2.17. The summed E-state index contributed by atoms with van der Waals surface area (Å²) in [4.78, 5) is 21.9. The van der Waals surface area contributed by atoms with E-state index in [0.29, 0.717) is 18.1 Å². The molecular weight excluding hydrogens is 307 g/mol. The van der Waals surface area contributed by atoms with Gasteiger partial charge in [0, 0.05) is 20.5 Å². The lowest BCUT2D eigenvalue weighted by Crippen LogP contribution is -2.15. The van der Waals surface area contributed by atoms with E-state index in [9.17, 15) is 9.18 Å². The van der Waals surface area contributed by atoms with Crippen LogP contribution in [0.4, 0.5) is 16.0 Å². The van der Waals surface area contributed by atoms with Gasteiger partial charge in [-0.05, 0) is 24.1 Å². The van der Waals surface area contributed by atoms with Crippen molar-refractivity contribution in [2.24, 2.45) is 0 Å². The predicted molar refractivity (Wildman–Crippen MR) is 84.7 cm³/mol. The van der Waals surface area contributed by atoms with Crippen molar-refractivity contribution in [3.63, 3.8) is 0 Å². The third-order valence-corrected chi connectivity index (χ3v) is 3.24. The average molecular weight is 323 g/mol. The van der Waals surface area contributed by atoms with Crippen molar-refractivity contribution in [3.8, 4) is 0 Å². The van der Waals surface area contributed by atoms with E-state index in [1.54, 1.807) is 23.4 Å². The number of aryl methyl sites for hydroxylation is 1. The third kappa shape index (κ3) is 4.39. The van der Waals surface area contributed by atoms with Crippen LogP contribution in [0.2, 0.25) is 5.02 Å². The number of aromatic nitrogens is 2. The number of carbonyl (C=O) groups excluding carboxylic acids is 1. The second-order valence-electron chi connectivity index (χ2n) is 4.96. The Labute approximate surface area is 133 Å². The van der Waals surface area contributed by atoms with Crippen LogP contribution in [0.1, 0.15) is 12.0 Å². The highest BCUT2D eigenvalue weighted by molar-refractivity contribution is 6.30. The van der Waals surface area contributed by atoms with Crippen molar-refractivity contribution in [1.82, 2.24) is 9.97 Å². The van der Waals surface area contributed by atoms with Gasteiger partial charge in [0.05, 0.1) is 23.1 Å². The minimum atomic E-state index is -0.465. The number of hydrogen-bond donors (Lipinski definition) is 1. The largest absolute Gasteiger partial charge is 0.347 e. The van der Waals surface area contributed by atoms with Gasteiger partial charge < -0.3 is 10.2 Å². The van der Waals surface area contributed by atoms with Crippen molar-refractivity contribution in [1.29, 1.82) is 0 Å². The molecule has 0 aliphatic carbocycles. The topological polar surface area (TPSA) is 58.1 Å². The second kappa shape index (κ2) is 7.17. The van der Waals surface area contributed by atoms with Crippen LogP contribution in [0, 0.1) is 5.82 Å². The molecule has 0 aliphatic heterocycles. The Hall–Kier alpha value is -2.21. The van der Waals surface area contributed by atoms with Crippen molar-refractivity contribution in [3.05, 3.63) is 47.0 Å². The zero-order valence-corrected chi connectivity index (χ0v) is 13.1. The third-order valence-electron chi connectivity index (χ3n) is 2.95. The minimum absolute atomic E-state index is 0.0607. The molecule has 22 heavy (non-hydrogen) atoms. The Morgan fingerprint density at radius 2 is 2.00 bits per heavy atom. The van der Waals surface area contributed by atoms with Gasteiger partial charge in [-0.15, -0.1) is 0 Å². The molecule has 1 aromatic carbocycles. The number of amides is 1. The van der Waals surface area contributed by atoms with Crippen LogP contribution >= 0.6 is 11.6 Å². The molecule has 1 amide bonds. The van der Waals surface area contributed by atoms with Crippen molar-refractivity contribution >= 4 is 29.1 Å². The Bertz CT molecular complexity index is 661. The maximum absolute atomic E-state index is 13.0. The summed E-state index contributed by atoms with van der Waals surface area (Å²) in [5.41, 5.74) is 1.34. The first-order valence-corrected chi connectivity index (χ1v) is 7.06. The molecule has 1 heterocycles. The Morgan fingerprint density at radius 3 is 2.59 bits per heavy atom. The van der Waals surface area contributed by atoms with E-state index in [2.05, 4.69) is 15.3 Å². The molecule has 0 aliphatic rings. The number of anilines is 2. The van der Waals surface area contributed by atoms with Gasteiger partial charge in [-0.25, -0.2) is 14.4 Å². The van der Waals surface area contributed by atoms with E-state index in [1.165, 1.54) is 12.1 Å². The maximum atomic E-state index is 13.0. The number of benzene rings is 1. The maximum Gasteiger partial charge on any atom is 0.224 e. The first-order chi connectivity index (χ1) is 10.5. The lowest BCUT2D eigenvalue weighted by Gasteiger charge is -2.10. The number of nitrogens with zero attached hydrogens (tertiary/aromatic N) is 3. The predicted octanol–water partition coefficient (Wildman–Crippen LogP) is 2.91. The van der Waals surface area contributed by atoms with Crippen LogP contribution in [0.5, 0.6) is 0 Å². The zero-order chi connectivity index (χ0) is 16.1. The van der Waals surface area contributed by atoms with E-state index in [0.717, 1.165) is 5.56 Å². The lowest BCUT2D eigenvalue weighted by molar-refractivity contribution is -0.116. The molecule has 0 bridgehead atoms. The van der Waals surface area contributed by atoms with E-state index in [1.807, 2.05) is 14.1 Å². The van der Waals surface area contributed by atoms with Crippen LogP contribution < -0.4 is 10.2 Å². The van der Waals surface area contributed by atoms with E-state index in [-0.39, 0.29) is 17.4 Å². The van der Waals surface area contributed by atoms with Crippen LogP contribution in [-0.2, 0) is 11.2 Å². The number of hydrogen-bond acceptors (Lipinski definition) is 4. The van der Waals surface area contributed by atoms with E-state index >= 15 is 0 Å². The molecule has 1 N–H and O–H groups in total. The molecule has 0 radical (unpaired) electrons. The fraction of sp³-hybridized carbons (Fsp3) is 0.267. The quantitative estimate of drug-likeness (QED) is 0.919. The summed E-state index contributed by atoms with van der Waals surface area (Å²) in [5, 5.41) is 2.78. The molecule has 2 aromatic rings. The first kappa shape index (κ1) is 16.2. The summed E-state index contributed by atoms with van der Waals surface area (Å²) in [7, 11) is 3.67. The molecule has 0 spiro atoms. The van der Waals surface area contributed by atoms with Gasteiger partial charge in [0.1, 0.15) is 5.82 Å². The second-order valence-corrected chi connectivity index (χ2v) is 5.37. The Morgan fingerprint density at radius 1 is 1.32 bits per heavy atom. The molecule has 7 heteroatoms. The number of rotatable bonds is 5. The molecule has 0 unspecified atom stereocenters. The van der Waals surface area contributed by atoms with Crippen molar-refractivity contribution in [2.45, 2.75) is 12.8 Å². The van der Waals surface area contributed by atoms with Crippen LogP contribution in [0.15, 0.2) is 30.6 Å². The molecular formula is C15H16ClFN4O. The summed E-state index contributed by atoms with van der Waals surface area (Å²) in [6.45, 7) is 0. The van der Waals surface area contributed by atoms with Crippen molar-refractivity contribution < 1.29 is 9.18 Å². The van der Waals surface area contributed by atoms with Gasteiger partial charge in [0.2, 0.25) is 11.9 Å². The molecule has 0 fully saturated rings. The number of carbonyl (C=O) groups is 1. The summed E-state index contributed by atoms with van der Waals surface area (Å²) in [6, 6.07) is 4.44. The summed E-state index contributed by atoms with van der Waals surface area (Å²) in [5.74, 6) is -0.0615. The van der Waals surface area contributed by atoms with Crippen LogP contribution in [-0.4, -0.2) is 30.0 Å². The molecule has 5 nitrogen and oxygen atoms in total. The SMILES string of the molecule is CN(C)c1ncc(NC(=O)CCc2ccc(F)c(Cl)c2)cn1.